The predicted molar refractivity (Wildman–Crippen MR) is 53.4 cm³/mol. The Morgan fingerprint density at radius 2 is 1.88 bits per heavy atom. The van der Waals surface area contributed by atoms with Gasteiger partial charge in [-0.25, -0.2) is 0 Å². The first-order chi connectivity index (χ1) is 7.56. The lowest BCUT2D eigenvalue weighted by atomic mass is 10.3. The number of quaternary nitrogens is 1. The van der Waals surface area contributed by atoms with Gasteiger partial charge in [-0.15, -0.1) is 6.42 Å². The van der Waals surface area contributed by atoms with E-state index in [1.165, 1.54) is 0 Å². The van der Waals surface area contributed by atoms with Crippen LogP contribution in [0.2, 0.25) is 0 Å². The van der Waals surface area contributed by atoms with Crippen LogP contribution in [0.1, 0.15) is 6.42 Å². The summed E-state index contributed by atoms with van der Waals surface area (Å²) in [5.41, 5.74) is 0. The van der Waals surface area contributed by atoms with Gasteiger partial charge in [-0.3, -0.25) is 0 Å². The lowest BCUT2D eigenvalue weighted by Crippen LogP contribution is -2.40. The van der Waals surface area contributed by atoms with E-state index in [0.717, 1.165) is 24.0 Å². The van der Waals surface area contributed by atoms with Crippen LogP contribution in [-0.2, 0) is 4.79 Å². The minimum absolute atomic E-state index is 0.256. The molecule has 0 bridgehead atoms. The molecular weight excluding hydrogens is 239 g/mol. The zero-order valence-corrected chi connectivity index (χ0v) is 9.75. The lowest BCUT2D eigenvalue weighted by molar-refractivity contribution is -0.883. The number of carboxylic acids is 1. The summed E-state index contributed by atoms with van der Waals surface area (Å²) in [4.78, 5) is 8.78. The highest BCUT2D eigenvalue weighted by atomic mass is 19.4. The quantitative estimate of drug-likeness (QED) is 0.538. The zero-order chi connectivity index (χ0) is 14.1. The van der Waals surface area contributed by atoms with E-state index in [1.807, 2.05) is 0 Å². The Morgan fingerprint density at radius 3 is 2.12 bits per heavy atom. The molecule has 0 aliphatic carbocycles. The number of aliphatic hydroxyl groups is 1. The molecule has 0 aromatic rings. The number of halogens is 3. The van der Waals surface area contributed by atoms with Gasteiger partial charge in [0, 0.05) is 13.0 Å². The minimum Gasteiger partial charge on any atom is -0.542 e. The van der Waals surface area contributed by atoms with Crippen molar-refractivity contribution in [2.45, 2.75) is 12.6 Å². The van der Waals surface area contributed by atoms with Crippen molar-refractivity contribution in [3.63, 3.8) is 0 Å². The van der Waals surface area contributed by atoms with Crippen LogP contribution in [0.4, 0.5) is 13.2 Å². The summed E-state index contributed by atoms with van der Waals surface area (Å²) < 4.78 is 32.4. The third-order valence-electron chi connectivity index (χ3n) is 1.67. The van der Waals surface area contributed by atoms with Crippen molar-refractivity contribution in [3.8, 4) is 12.3 Å². The van der Waals surface area contributed by atoms with Gasteiger partial charge in [0.15, 0.2) is 0 Å². The molecule has 100 valence electrons. The Hall–Kier alpha value is -1.26. The number of carbonyl (C=O) groups excluding carboxylic acids is 1. The SMILES string of the molecule is C#CC[N+](C)(C)CCCO.O=C([O-])C(F)(F)F. The van der Waals surface area contributed by atoms with Crippen molar-refractivity contribution in [2.24, 2.45) is 0 Å². The van der Waals surface area contributed by atoms with Gasteiger partial charge >= 0.3 is 6.18 Å². The molecule has 17 heavy (non-hydrogen) atoms. The molecule has 0 aliphatic rings. The Kier molecular flexibility index (Phi) is 8.44. The number of hydrogen-bond acceptors (Lipinski definition) is 3. The molecule has 0 radical (unpaired) electrons. The van der Waals surface area contributed by atoms with Gasteiger partial charge in [0.2, 0.25) is 0 Å². The first-order valence-electron chi connectivity index (χ1n) is 4.71. The van der Waals surface area contributed by atoms with Crippen molar-refractivity contribution >= 4 is 5.97 Å². The van der Waals surface area contributed by atoms with Gasteiger partial charge in [-0.2, -0.15) is 13.2 Å². The van der Waals surface area contributed by atoms with Crippen molar-refractivity contribution in [1.82, 2.24) is 0 Å². The third-order valence-corrected chi connectivity index (χ3v) is 1.67. The standard InChI is InChI=1S/C8H16NO.C2HF3O2/c1-4-6-9(2,3)7-5-8-10;3-2(4,5)1(6)7/h1,10H,5-8H2,2-3H3;(H,6,7)/q+1;/p-1. The van der Waals surface area contributed by atoms with Crippen LogP contribution in [0.5, 0.6) is 0 Å². The zero-order valence-electron chi connectivity index (χ0n) is 9.75. The van der Waals surface area contributed by atoms with Gasteiger partial charge in [-0.05, 0) is 5.92 Å². The van der Waals surface area contributed by atoms with E-state index in [-0.39, 0.29) is 6.61 Å². The van der Waals surface area contributed by atoms with Gasteiger partial charge in [0.05, 0.1) is 20.6 Å². The van der Waals surface area contributed by atoms with E-state index in [9.17, 15) is 13.2 Å². The third kappa shape index (κ3) is 12.7. The molecule has 7 heteroatoms. The van der Waals surface area contributed by atoms with E-state index in [0.29, 0.717) is 0 Å². The number of aliphatic carboxylic acids is 1. The lowest BCUT2D eigenvalue weighted by Gasteiger charge is -2.26. The maximum atomic E-state index is 10.5. The fourth-order valence-electron chi connectivity index (χ4n) is 0.825. The highest BCUT2D eigenvalue weighted by Crippen LogP contribution is 2.11. The van der Waals surface area contributed by atoms with Gasteiger partial charge < -0.3 is 19.5 Å². The molecule has 1 N–H and O–H groups in total. The van der Waals surface area contributed by atoms with Crippen LogP contribution in [-0.4, -0.2) is 55.5 Å². The first-order valence-corrected chi connectivity index (χ1v) is 4.71. The molecule has 0 aliphatic heterocycles. The number of rotatable bonds is 4. The number of hydrogen-bond donors (Lipinski definition) is 1. The van der Waals surface area contributed by atoms with E-state index >= 15 is 0 Å². The van der Waals surface area contributed by atoms with Gasteiger partial charge in [0.1, 0.15) is 12.5 Å². The number of alkyl halides is 3. The molecule has 0 spiro atoms. The number of aliphatic hydroxyl groups excluding tert-OH is 1. The molecular formula is C10H16F3NO3. The summed E-state index contributed by atoms with van der Waals surface area (Å²) in [5, 5.41) is 17.3. The number of terminal acetylenes is 1. The molecule has 4 nitrogen and oxygen atoms in total. The Bertz CT molecular complexity index is 269. The molecule has 0 heterocycles. The van der Waals surface area contributed by atoms with E-state index in [2.05, 4.69) is 20.0 Å². The van der Waals surface area contributed by atoms with Crippen molar-refractivity contribution in [2.75, 3.05) is 33.8 Å². The monoisotopic (exact) mass is 255 g/mol. The fourth-order valence-corrected chi connectivity index (χ4v) is 0.825. The van der Waals surface area contributed by atoms with Crippen LogP contribution in [0.3, 0.4) is 0 Å². The van der Waals surface area contributed by atoms with Gasteiger partial charge in [0.25, 0.3) is 0 Å². The fraction of sp³-hybridized carbons (Fsp3) is 0.700. The maximum absolute atomic E-state index is 10.5. The summed E-state index contributed by atoms with van der Waals surface area (Å²) in [5.74, 6) is -0.399. The van der Waals surface area contributed by atoms with Crippen LogP contribution in [0.15, 0.2) is 0 Å². The average molecular weight is 255 g/mol. The van der Waals surface area contributed by atoms with Crippen LogP contribution >= 0.6 is 0 Å². The maximum Gasteiger partial charge on any atom is 0.430 e. The van der Waals surface area contributed by atoms with E-state index in [4.69, 9.17) is 21.4 Å². The van der Waals surface area contributed by atoms with Crippen LogP contribution in [0, 0.1) is 12.3 Å². The highest BCUT2D eigenvalue weighted by molar-refractivity contribution is 5.70. The summed E-state index contributed by atoms with van der Waals surface area (Å²) in [6.45, 7) is 1.94. The van der Waals surface area contributed by atoms with E-state index in [1.54, 1.807) is 0 Å². The predicted octanol–water partition coefficient (Wildman–Crippen LogP) is -0.623. The minimum atomic E-state index is -5.19. The van der Waals surface area contributed by atoms with Crippen molar-refractivity contribution < 1.29 is 32.7 Å². The first kappa shape index (κ1) is 18.1. The van der Waals surface area contributed by atoms with Gasteiger partial charge in [-0.1, -0.05) is 0 Å². The molecule has 0 aromatic heterocycles. The average Bonchev–Trinajstić information content (AvgIpc) is 2.14. The van der Waals surface area contributed by atoms with E-state index < -0.39 is 12.1 Å². The normalized spacial score (nSPS) is 11.1. The number of carbonyl (C=O) groups is 1. The smallest absolute Gasteiger partial charge is 0.430 e. The molecule has 0 rings (SSSR count). The topological polar surface area (TPSA) is 60.4 Å². The summed E-state index contributed by atoms with van der Waals surface area (Å²) in [6.07, 6.45) is 0.792. The molecule has 0 saturated heterocycles. The second-order valence-electron chi connectivity index (χ2n) is 3.88. The largest absolute Gasteiger partial charge is 0.542 e. The Morgan fingerprint density at radius 1 is 1.47 bits per heavy atom. The highest BCUT2D eigenvalue weighted by Gasteiger charge is 2.28. The second-order valence-corrected chi connectivity index (χ2v) is 3.88. The molecule has 0 unspecified atom stereocenters. The molecule has 0 fully saturated rings. The van der Waals surface area contributed by atoms with Crippen molar-refractivity contribution in [3.05, 3.63) is 0 Å². The van der Waals surface area contributed by atoms with Crippen LogP contribution < -0.4 is 5.11 Å². The Balaban J connectivity index is 0. The molecule has 0 saturated carbocycles. The summed E-state index contributed by atoms with van der Waals surface area (Å²) in [6, 6.07) is 0. The molecule has 0 amide bonds. The second kappa shape index (κ2) is 7.92. The van der Waals surface area contributed by atoms with Crippen molar-refractivity contribution in [1.29, 1.82) is 0 Å². The molecule has 0 atom stereocenters. The number of nitrogens with zero attached hydrogens (tertiary/aromatic N) is 1. The summed E-state index contributed by atoms with van der Waals surface area (Å²) in [7, 11) is 4.13. The van der Waals surface area contributed by atoms with Crippen LogP contribution in [0.25, 0.3) is 0 Å². The number of carboxylic acid groups (broad SMARTS) is 1. The summed E-state index contributed by atoms with van der Waals surface area (Å²) >= 11 is 0. The Labute approximate surface area is 98.2 Å². The molecule has 0 aromatic carbocycles.